The highest BCUT2D eigenvalue weighted by Crippen LogP contribution is 2.18. The van der Waals surface area contributed by atoms with Crippen LogP contribution >= 0.6 is 11.8 Å². The minimum Gasteiger partial charge on any atom is -0.382 e. The number of aromatic amines is 1. The summed E-state index contributed by atoms with van der Waals surface area (Å²) in [5.41, 5.74) is 5.34. The van der Waals surface area contributed by atoms with E-state index < -0.39 is 29.0 Å². The van der Waals surface area contributed by atoms with E-state index in [4.69, 9.17) is 5.73 Å². The van der Waals surface area contributed by atoms with Crippen LogP contribution in [0.3, 0.4) is 0 Å². The van der Waals surface area contributed by atoms with Crippen molar-refractivity contribution < 1.29 is 18.4 Å². The Bertz CT molecular complexity index is 1130. The number of nitrogens with zero attached hydrogens (tertiary/aromatic N) is 1. The highest BCUT2D eigenvalue weighted by molar-refractivity contribution is 7.99. The van der Waals surface area contributed by atoms with Crippen molar-refractivity contribution in [1.82, 2.24) is 9.97 Å². The van der Waals surface area contributed by atoms with E-state index in [1.807, 2.05) is 0 Å². The molecule has 0 saturated heterocycles. The second-order valence-corrected chi connectivity index (χ2v) is 6.90. The number of aromatic nitrogens is 2. The molecule has 30 heavy (non-hydrogen) atoms. The number of hydrogen-bond donors (Lipinski definition) is 4. The molecule has 0 bridgehead atoms. The van der Waals surface area contributed by atoms with Gasteiger partial charge in [0.15, 0.2) is 11.0 Å². The first-order valence-corrected chi connectivity index (χ1v) is 9.45. The van der Waals surface area contributed by atoms with E-state index >= 15 is 0 Å². The van der Waals surface area contributed by atoms with Gasteiger partial charge in [0.2, 0.25) is 5.91 Å². The van der Waals surface area contributed by atoms with Crippen molar-refractivity contribution in [2.75, 3.05) is 22.1 Å². The Labute approximate surface area is 172 Å². The lowest BCUT2D eigenvalue weighted by atomic mass is 10.2. The summed E-state index contributed by atoms with van der Waals surface area (Å²) in [6.07, 6.45) is 0. The predicted octanol–water partition coefficient (Wildman–Crippen LogP) is 2.61. The number of anilines is 3. The third-order valence-corrected chi connectivity index (χ3v) is 4.61. The zero-order valence-electron chi connectivity index (χ0n) is 15.2. The van der Waals surface area contributed by atoms with E-state index in [0.29, 0.717) is 5.69 Å². The van der Waals surface area contributed by atoms with Crippen LogP contribution in [0, 0.1) is 11.6 Å². The first kappa shape index (κ1) is 21.0. The first-order valence-electron chi connectivity index (χ1n) is 8.47. The van der Waals surface area contributed by atoms with E-state index in [9.17, 15) is 23.2 Å². The maximum Gasteiger partial charge on any atom is 0.277 e. The number of nitrogens with two attached hydrogens (primary N) is 1. The molecule has 3 rings (SSSR count). The van der Waals surface area contributed by atoms with Gasteiger partial charge < -0.3 is 16.4 Å². The van der Waals surface area contributed by atoms with Crippen LogP contribution in [0.5, 0.6) is 0 Å². The van der Waals surface area contributed by atoms with Gasteiger partial charge in [0.05, 0.1) is 5.75 Å². The zero-order valence-corrected chi connectivity index (χ0v) is 16.1. The van der Waals surface area contributed by atoms with Gasteiger partial charge in [-0.3, -0.25) is 19.4 Å². The maximum absolute atomic E-state index is 13.0. The highest BCUT2D eigenvalue weighted by Gasteiger charge is 2.15. The summed E-state index contributed by atoms with van der Waals surface area (Å²) in [7, 11) is 0. The Hall–Kier alpha value is -3.73. The fourth-order valence-electron chi connectivity index (χ4n) is 2.31. The molecule has 0 unspecified atom stereocenters. The van der Waals surface area contributed by atoms with E-state index in [1.54, 1.807) is 0 Å². The summed E-state index contributed by atoms with van der Waals surface area (Å²) in [6.45, 7) is 0. The molecular formula is C19H15F2N5O3S. The summed E-state index contributed by atoms with van der Waals surface area (Å²) in [6, 6.07) is 9.97. The van der Waals surface area contributed by atoms with Crippen molar-refractivity contribution in [2.24, 2.45) is 0 Å². The van der Waals surface area contributed by atoms with Crippen LogP contribution in [0.4, 0.5) is 26.0 Å². The van der Waals surface area contributed by atoms with Crippen LogP contribution in [0.2, 0.25) is 0 Å². The second-order valence-electron chi connectivity index (χ2n) is 5.94. The van der Waals surface area contributed by atoms with Crippen LogP contribution in [0.1, 0.15) is 10.4 Å². The smallest absolute Gasteiger partial charge is 0.277 e. The fraction of sp³-hybridized carbons (Fsp3) is 0.0526. The summed E-state index contributed by atoms with van der Waals surface area (Å²) in [5.74, 6) is -2.33. The van der Waals surface area contributed by atoms with Crippen LogP contribution < -0.4 is 21.9 Å². The molecule has 2 amide bonds. The molecule has 1 heterocycles. The molecule has 0 aliphatic heterocycles. The van der Waals surface area contributed by atoms with Gasteiger partial charge in [0.25, 0.3) is 11.5 Å². The molecule has 3 aromatic rings. The molecule has 0 aliphatic carbocycles. The summed E-state index contributed by atoms with van der Waals surface area (Å²) >= 11 is 0.918. The number of amides is 2. The van der Waals surface area contributed by atoms with E-state index in [2.05, 4.69) is 20.6 Å². The van der Waals surface area contributed by atoms with E-state index in [0.717, 1.165) is 23.9 Å². The molecule has 8 nitrogen and oxygen atoms in total. The topological polar surface area (TPSA) is 130 Å². The average Bonchev–Trinajstić information content (AvgIpc) is 2.71. The molecule has 0 fully saturated rings. The number of benzene rings is 2. The average molecular weight is 431 g/mol. The SMILES string of the molecule is Nc1nc(SCC(=O)Nc2ccc(F)cc2)[nH]c(=O)c1NC(=O)c1ccc(F)cc1. The largest absolute Gasteiger partial charge is 0.382 e. The lowest BCUT2D eigenvalue weighted by Crippen LogP contribution is -2.23. The Kier molecular flexibility index (Phi) is 6.42. The molecule has 0 saturated carbocycles. The van der Waals surface area contributed by atoms with Gasteiger partial charge >= 0.3 is 0 Å². The number of thioether (sulfide) groups is 1. The lowest BCUT2D eigenvalue weighted by Gasteiger charge is -2.09. The van der Waals surface area contributed by atoms with Gasteiger partial charge in [0.1, 0.15) is 17.3 Å². The van der Waals surface area contributed by atoms with E-state index in [-0.39, 0.29) is 28.0 Å². The van der Waals surface area contributed by atoms with Crippen LogP contribution in [0.15, 0.2) is 58.5 Å². The fourth-order valence-corrected chi connectivity index (χ4v) is 2.98. The molecule has 5 N–H and O–H groups in total. The maximum atomic E-state index is 13.0. The van der Waals surface area contributed by atoms with Crippen molar-refractivity contribution in [3.63, 3.8) is 0 Å². The normalized spacial score (nSPS) is 10.5. The van der Waals surface area contributed by atoms with Crippen molar-refractivity contribution in [1.29, 1.82) is 0 Å². The van der Waals surface area contributed by atoms with E-state index in [1.165, 1.54) is 36.4 Å². The van der Waals surface area contributed by atoms with Crippen molar-refractivity contribution >= 4 is 40.8 Å². The number of rotatable bonds is 6. The summed E-state index contributed by atoms with van der Waals surface area (Å²) in [5, 5.41) is 4.97. The number of nitrogens with one attached hydrogen (secondary N) is 3. The number of halogens is 2. The molecule has 1 aromatic heterocycles. The zero-order chi connectivity index (χ0) is 21.7. The highest BCUT2D eigenvalue weighted by atomic mass is 32.2. The van der Waals surface area contributed by atoms with Gasteiger partial charge in [-0.1, -0.05) is 11.8 Å². The number of carbonyl (C=O) groups is 2. The Morgan fingerprint density at radius 1 is 1.00 bits per heavy atom. The molecular weight excluding hydrogens is 416 g/mol. The quantitative estimate of drug-likeness (QED) is 0.351. The number of nitrogen functional groups attached to an aromatic ring is 1. The second kappa shape index (κ2) is 9.18. The first-order chi connectivity index (χ1) is 14.3. The summed E-state index contributed by atoms with van der Waals surface area (Å²) < 4.78 is 25.8. The van der Waals surface area contributed by atoms with Gasteiger partial charge in [-0.15, -0.1) is 0 Å². The van der Waals surface area contributed by atoms with Gasteiger partial charge in [-0.2, -0.15) is 0 Å². The van der Waals surface area contributed by atoms with Crippen molar-refractivity contribution in [3.8, 4) is 0 Å². The standard InChI is InChI=1S/C19H15F2N5O3S/c20-11-3-1-10(2-4-11)17(28)24-15-16(22)25-19(26-18(15)29)30-9-14(27)23-13-7-5-12(21)6-8-13/h1-8H,9H2,(H,23,27)(H,24,28)(H3,22,25,26,29). The molecule has 0 aliphatic rings. The molecule has 0 radical (unpaired) electrons. The van der Waals surface area contributed by atoms with Gasteiger partial charge in [-0.05, 0) is 48.5 Å². The molecule has 154 valence electrons. The van der Waals surface area contributed by atoms with Gasteiger partial charge in [0, 0.05) is 11.3 Å². The van der Waals surface area contributed by atoms with Crippen LogP contribution in [0.25, 0.3) is 0 Å². The van der Waals surface area contributed by atoms with Crippen molar-refractivity contribution in [3.05, 3.63) is 76.1 Å². The molecule has 11 heteroatoms. The van der Waals surface area contributed by atoms with Crippen LogP contribution in [-0.4, -0.2) is 27.5 Å². The minimum atomic E-state index is -0.709. The molecule has 0 spiro atoms. The third-order valence-electron chi connectivity index (χ3n) is 3.74. The number of carbonyl (C=O) groups excluding carboxylic acids is 2. The van der Waals surface area contributed by atoms with Crippen LogP contribution in [-0.2, 0) is 4.79 Å². The molecule has 2 aromatic carbocycles. The van der Waals surface area contributed by atoms with Crippen molar-refractivity contribution in [2.45, 2.75) is 5.16 Å². The Balaban J connectivity index is 1.63. The van der Waals surface area contributed by atoms with Gasteiger partial charge in [-0.25, -0.2) is 13.8 Å². The lowest BCUT2D eigenvalue weighted by molar-refractivity contribution is -0.113. The minimum absolute atomic E-state index is 0.0755. The monoisotopic (exact) mass is 431 g/mol. The Morgan fingerprint density at radius 3 is 2.20 bits per heavy atom. The third kappa shape index (κ3) is 5.41. The number of hydrogen-bond acceptors (Lipinski definition) is 6. The summed E-state index contributed by atoms with van der Waals surface area (Å²) in [4.78, 5) is 42.8. The molecule has 0 atom stereocenters. The Morgan fingerprint density at radius 2 is 1.60 bits per heavy atom. The number of H-pyrrole nitrogens is 1. The predicted molar refractivity (Wildman–Crippen MR) is 109 cm³/mol.